The fraction of sp³-hybridized carbons (Fsp3) is 0.235. The number of aromatic nitrogens is 2. The van der Waals surface area contributed by atoms with Crippen LogP contribution < -0.4 is 4.74 Å². The minimum atomic E-state index is -0.00189. The molecule has 4 nitrogen and oxygen atoms in total. The quantitative estimate of drug-likeness (QED) is 0.661. The molecule has 0 aliphatic carbocycles. The van der Waals surface area contributed by atoms with Crippen LogP contribution >= 0.6 is 23.1 Å². The van der Waals surface area contributed by atoms with Gasteiger partial charge in [0.1, 0.15) is 5.75 Å². The van der Waals surface area contributed by atoms with E-state index in [0.29, 0.717) is 0 Å². The fourth-order valence-electron chi connectivity index (χ4n) is 2.27. The lowest BCUT2D eigenvalue weighted by Gasteiger charge is -2.10. The Kier molecular flexibility index (Phi) is 5.38. The molecule has 23 heavy (non-hydrogen) atoms. The molecular weight excluding hydrogens is 328 g/mol. The van der Waals surface area contributed by atoms with Gasteiger partial charge >= 0.3 is 0 Å². The van der Waals surface area contributed by atoms with E-state index in [4.69, 9.17) is 4.74 Å². The average Bonchev–Trinajstić information content (AvgIpc) is 3.23. The van der Waals surface area contributed by atoms with Gasteiger partial charge in [0.2, 0.25) is 0 Å². The van der Waals surface area contributed by atoms with Crippen LogP contribution in [-0.2, 0) is 18.9 Å². The van der Waals surface area contributed by atoms with Gasteiger partial charge in [0, 0.05) is 10.6 Å². The molecular formula is C17H18N2O2S2. The van der Waals surface area contributed by atoms with Gasteiger partial charge in [0.15, 0.2) is 5.16 Å². The maximum Gasteiger partial charge on any atom is 0.168 e. The number of ether oxygens (including phenoxy) is 1. The Morgan fingerprint density at radius 2 is 2.22 bits per heavy atom. The Balaban J connectivity index is 1.75. The van der Waals surface area contributed by atoms with Crippen molar-refractivity contribution in [3.05, 3.63) is 64.1 Å². The monoisotopic (exact) mass is 346 g/mol. The van der Waals surface area contributed by atoms with Gasteiger partial charge in [-0.25, -0.2) is 4.98 Å². The van der Waals surface area contributed by atoms with E-state index in [9.17, 15) is 5.11 Å². The molecule has 2 heterocycles. The first kappa shape index (κ1) is 16.1. The minimum absolute atomic E-state index is 0.00189. The molecule has 0 radical (unpaired) electrons. The summed E-state index contributed by atoms with van der Waals surface area (Å²) in [5, 5.41) is 12.5. The topological polar surface area (TPSA) is 47.3 Å². The van der Waals surface area contributed by atoms with Gasteiger partial charge in [0.05, 0.1) is 32.2 Å². The number of hydrogen-bond acceptors (Lipinski definition) is 5. The van der Waals surface area contributed by atoms with Gasteiger partial charge in [-0.3, -0.25) is 0 Å². The van der Waals surface area contributed by atoms with E-state index in [0.717, 1.165) is 28.9 Å². The number of aliphatic hydroxyl groups excluding tert-OH is 1. The van der Waals surface area contributed by atoms with Crippen molar-refractivity contribution in [2.24, 2.45) is 0 Å². The van der Waals surface area contributed by atoms with Crippen molar-refractivity contribution in [3.63, 3.8) is 0 Å². The number of aliphatic hydroxyl groups is 1. The number of rotatable bonds is 7. The van der Waals surface area contributed by atoms with E-state index >= 15 is 0 Å². The second-order valence-electron chi connectivity index (χ2n) is 5.00. The van der Waals surface area contributed by atoms with Crippen molar-refractivity contribution in [1.29, 1.82) is 0 Å². The van der Waals surface area contributed by atoms with Crippen LogP contribution in [0.3, 0.4) is 0 Å². The van der Waals surface area contributed by atoms with Crippen LogP contribution in [0.15, 0.2) is 53.1 Å². The van der Waals surface area contributed by atoms with E-state index in [1.165, 1.54) is 10.4 Å². The summed E-state index contributed by atoms with van der Waals surface area (Å²) in [4.78, 5) is 5.72. The van der Waals surface area contributed by atoms with Crippen LogP contribution in [0, 0.1) is 0 Å². The summed E-state index contributed by atoms with van der Waals surface area (Å²) >= 11 is 3.38. The van der Waals surface area contributed by atoms with E-state index in [-0.39, 0.29) is 6.61 Å². The molecule has 1 aromatic carbocycles. The zero-order valence-electron chi connectivity index (χ0n) is 12.8. The number of thioether (sulfide) groups is 1. The number of methoxy groups -OCH3 is 1. The van der Waals surface area contributed by atoms with Crippen LogP contribution in [0.4, 0.5) is 0 Å². The summed E-state index contributed by atoms with van der Waals surface area (Å²) in [6.07, 6.45) is 1.75. The number of nitrogens with zero attached hydrogens (tertiary/aromatic N) is 2. The molecule has 6 heteroatoms. The first-order valence-corrected chi connectivity index (χ1v) is 9.10. The Bertz CT molecular complexity index is 754. The second kappa shape index (κ2) is 7.68. The van der Waals surface area contributed by atoms with Crippen molar-refractivity contribution in [3.8, 4) is 5.75 Å². The minimum Gasteiger partial charge on any atom is -0.497 e. The Morgan fingerprint density at radius 1 is 1.30 bits per heavy atom. The standard InChI is InChI=1S/C17H18N2O2S2/c1-21-15-5-2-4-13(8-15)12-23-17-18-9-14(11-20)19(17)10-16-6-3-7-22-16/h2-9,20H,10-12H2,1H3. The van der Waals surface area contributed by atoms with Gasteiger partial charge < -0.3 is 14.4 Å². The third kappa shape index (κ3) is 3.96. The van der Waals surface area contributed by atoms with E-state index in [1.807, 2.05) is 24.3 Å². The highest BCUT2D eigenvalue weighted by molar-refractivity contribution is 7.98. The Morgan fingerprint density at radius 3 is 2.96 bits per heavy atom. The van der Waals surface area contributed by atoms with E-state index in [1.54, 1.807) is 36.4 Å². The molecule has 0 spiro atoms. The number of imidazole rings is 1. The molecule has 0 unspecified atom stereocenters. The molecule has 3 rings (SSSR count). The SMILES string of the molecule is COc1cccc(CSc2ncc(CO)n2Cc2cccs2)c1. The lowest BCUT2D eigenvalue weighted by Crippen LogP contribution is -2.05. The molecule has 0 aliphatic heterocycles. The molecule has 0 aliphatic rings. The van der Waals surface area contributed by atoms with E-state index in [2.05, 4.69) is 27.1 Å². The number of hydrogen-bond donors (Lipinski definition) is 1. The Hall–Kier alpha value is -1.76. The summed E-state index contributed by atoms with van der Waals surface area (Å²) in [5.41, 5.74) is 2.03. The average molecular weight is 346 g/mol. The summed E-state index contributed by atoms with van der Waals surface area (Å²) in [6.45, 7) is 0.742. The maximum atomic E-state index is 9.53. The molecule has 120 valence electrons. The molecule has 0 saturated heterocycles. The summed E-state index contributed by atoms with van der Waals surface area (Å²) in [5.74, 6) is 1.67. The molecule has 0 amide bonds. The second-order valence-corrected chi connectivity index (χ2v) is 6.97. The van der Waals surface area contributed by atoms with Crippen LogP contribution in [-0.4, -0.2) is 21.8 Å². The van der Waals surface area contributed by atoms with Crippen molar-refractivity contribution in [2.45, 2.75) is 24.1 Å². The molecule has 3 aromatic rings. The first-order valence-electron chi connectivity index (χ1n) is 7.23. The Labute approximate surface area is 143 Å². The highest BCUT2D eigenvalue weighted by atomic mass is 32.2. The van der Waals surface area contributed by atoms with Crippen LogP contribution in [0.1, 0.15) is 16.1 Å². The van der Waals surface area contributed by atoms with Gasteiger partial charge in [-0.2, -0.15) is 0 Å². The third-order valence-electron chi connectivity index (χ3n) is 3.46. The normalized spacial score (nSPS) is 10.9. The van der Waals surface area contributed by atoms with Gasteiger partial charge in [-0.05, 0) is 29.1 Å². The largest absolute Gasteiger partial charge is 0.497 e. The van der Waals surface area contributed by atoms with Crippen molar-refractivity contribution in [2.75, 3.05) is 7.11 Å². The maximum absolute atomic E-state index is 9.53. The highest BCUT2D eigenvalue weighted by Gasteiger charge is 2.11. The highest BCUT2D eigenvalue weighted by Crippen LogP contribution is 2.26. The van der Waals surface area contributed by atoms with Crippen molar-refractivity contribution in [1.82, 2.24) is 9.55 Å². The molecule has 2 aromatic heterocycles. The van der Waals surface area contributed by atoms with Gasteiger partial charge in [0.25, 0.3) is 0 Å². The molecule has 0 bridgehead atoms. The summed E-state index contributed by atoms with van der Waals surface area (Å²) in [7, 11) is 1.67. The molecule has 0 atom stereocenters. The van der Waals surface area contributed by atoms with Crippen LogP contribution in [0.5, 0.6) is 5.75 Å². The fourth-order valence-corrected chi connectivity index (χ4v) is 3.90. The predicted molar refractivity (Wildman–Crippen MR) is 94.1 cm³/mol. The zero-order chi connectivity index (χ0) is 16.1. The summed E-state index contributed by atoms with van der Waals surface area (Å²) < 4.78 is 7.34. The number of benzene rings is 1. The third-order valence-corrected chi connectivity index (χ3v) is 5.38. The molecule has 0 saturated carbocycles. The predicted octanol–water partition coefficient (Wildman–Crippen LogP) is 3.79. The first-order chi connectivity index (χ1) is 11.3. The lowest BCUT2D eigenvalue weighted by molar-refractivity contribution is 0.270. The van der Waals surface area contributed by atoms with Crippen LogP contribution in [0.25, 0.3) is 0 Å². The van der Waals surface area contributed by atoms with Crippen molar-refractivity contribution < 1.29 is 9.84 Å². The van der Waals surface area contributed by atoms with Crippen molar-refractivity contribution >= 4 is 23.1 Å². The molecule has 1 N–H and O–H groups in total. The zero-order valence-corrected chi connectivity index (χ0v) is 14.4. The van der Waals surface area contributed by atoms with E-state index < -0.39 is 0 Å². The van der Waals surface area contributed by atoms with Crippen LogP contribution in [0.2, 0.25) is 0 Å². The summed E-state index contributed by atoms with van der Waals surface area (Å²) in [6, 6.07) is 12.2. The van der Waals surface area contributed by atoms with Gasteiger partial charge in [-0.15, -0.1) is 11.3 Å². The van der Waals surface area contributed by atoms with Gasteiger partial charge in [-0.1, -0.05) is 30.0 Å². The number of thiophene rings is 1. The molecule has 0 fully saturated rings. The smallest absolute Gasteiger partial charge is 0.168 e. The lowest BCUT2D eigenvalue weighted by atomic mass is 10.2.